The molecule has 0 saturated heterocycles. The number of hydrogen-bond donors (Lipinski definition) is 1. The van der Waals surface area contributed by atoms with E-state index in [1.54, 1.807) is 7.11 Å². The van der Waals surface area contributed by atoms with Gasteiger partial charge < -0.3 is 19.5 Å². The molecule has 4 nitrogen and oxygen atoms in total. The van der Waals surface area contributed by atoms with Gasteiger partial charge in [-0.3, -0.25) is 0 Å². The Balaban J connectivity index is 2.85. The standard InChI is InChI=1S/C10H23NO3/c1-10(2)14-7-5-11-4-6-13-9-8-12-3/h10-11H,4-9H2,1-3H3. The molecule has 0 saturated carbocycles. The summed E-state index contributed by atoms with van der Waals surface area (Å²) in [6.45, 7) is 8.64. The second-order valence-corrected chi connectivity index (χ2v) is 3.27. The molecule has 0 aromatic carbocycles. The van der Waals surface area contributed by atoms with Gasteiger partial charge in [-0.05, 0) is 13.8 Å². The summed E-state index contributed by atoms with van der Waals surface area (Å²) in [7, 11) is 1.67. The van der Waals surface area contributed by atoms with Crippen molar-refractivity contribution in [3.05, 3.63) is 0 Å². The van der Waals surface area contributed by atoms with Crippen LogP contribution in [-0.2, 0) is 14.2 Å². The van der Waals surface area contributed by atoms with Crippen LogP contribution in [0.5, 0.6) is 0 Å². The van der Waals surface area contributed by atoms with Gasteiger partial charge in [0.1, 0.15) is 0 Å². The lowest BCUT2D eigenvalue weighted by Crippen LogP contribution is -2.25. The fraction of sp³-hybridized carbons (Fsp3) is 1.00. The maximum Gasteiger partial charge on any atom is 0.0700 e. The summed E-state index contributed by atoms with van der Waals surface area (Å²) in [6, 6.07) is 0. The number of rotatable bonds is 10. The minimum atomic E-state index is 0.315. The Hall–Kier alpha value is -0.160. The Morgan fingerprint density at radius 3 is 2.36 bits per heavy atom. The van der Waals surface area contributed by atoms with Crippen molar-refractivity contribution in [2.45, 2.75) is 20.0 Å². The van der Waals surface area contributed by atoms with Gasteiger partial charge in [-0.15, -0.1) is 0 Å². The van der Waals surface area contributed by atoms with Crippen LogP contribution in [0, 0.1) is 0 Å². The maximum atomic E-state index is 5.36. The second-order valence-electron chi connectivity index (χ2n) is 3.27. The normalized spacial score (nSPS) is 11.1. The Morgan fingerprint density at radius 1 is 1.00 bits per heavy atom. The molecule has 86 valence electrons. The van der Waals surface area contributed by atoms with Crippen molar-refractivity contribution in [3.63, 3.8) is 0 Å². The van der Waals surface area contributed by atoms with E-state index in [1.807, 2.05) is 13.8 Å². The first kappa shape index (κ1) is 13.8. The monoisotopic (exact) mass is 205 g/mol. The summed E-state index contributed by atoms with van der Waals surface area (Å²) in [5.41, 5.74) is 0. The number of methoxy groups -OCH3 is 1. The predicted octanol–water partition coefficient (Wildman–Crippen LogP) is 0.664. The van der Waals surface area contributed by atoms with E-state index in [-0.39, 0.29) is 0 Å². The van der Waals surface area contributed by atoms with Crippen LogP contribution in [0.3, 0.4) is 0 Å². The van der Waals surface area contributed by atoms with Gasteiger partial charge in [0.05, 0.1) is 32.5 Å². The van der Waals surface area contributed by atoms with Gasteiger partial charge in [0.15, 0.2) is 0 Å². The maximum absolute atomic E-state index is 5.36. The van der Waals surface area contributed by atoms with E-state index in [1.165, 1.54) is 0 Å². The Kier molecular flexibility index (Phi) is 10.8. The van der Waals surface area contributed by atoms with E-state index in [9.17, 15) is 0 Å². The molecule has 0 rings (SSSR count). The summed E-state index contributed by atoms with van der Waals surface area (Å²) in [5, 5.41) is 3.23. The fourth-order valence-corrected chi connectivity index (χ4v) is 0.880. The molecule has 0 unspecified atom stereocenters. The van der Waals surface area contributed by atoms with Gasteiger partial charge >= 0.3 is 0 Å². The average molecular weight is 205 g/mol. The van der Waals surface area contributed by atoms with Crippen LogP contribution in [0.4, 0.5) is 0 Å². The highest BCUT2D eigenvalue weighted by atomic mass is 16.5. The van der Waals surface area contributed by atoms with E-state index in [4.69, 9.17) is 14.2 Å². The molecule has 0 fully saturated rings. The molecule has 0 bridgehead atoms. The first-order chi connectivity index (χ1) is 6.77. The molecule has 0 aliphatic heterocycles. The van der Waals surface area contributed by atoms with Crippen molar-refractivity contribution in [1.29, 1.82) is 0 Å². The molecular formula is C10H23NO3. The Morgan fingerprint density at radius 2 is 1.71 bits per heavy atom. The third-order valence-electron chi connectivity index (χ3n) is 1.58. The quantitative estimate of drug-likeness (QED) is 0.532. The predicted molar refractivity (Wildman–Crippen MR) is 56.7 cm³/mol. The summed E-state index contributed by atoms with van der Waals surface area (Å²) in [6.07, 6.45) is 0.315. The molecule has 0 heterocycles. The molecule has 1 N–H and O–H groups in total. The zero-order valence-corrected chi connectivity index (χ0v) is 9.54. The minimum Gasteiger partial charge on any atom is -0.382 e. The molecule has 0 atom stereocenters. The third kappa shape index (κ3) is 11.8. The highest BCUT2D eigenvalue weighted by molar-refractivity contribution is 4.46. The van der Waals surface area contributed by atoms with Crippen LogP contribution < -0.4 is 5.32 Å². The zero-order valence-electron chi connectivity index (χ0n) is 9.54. The molecule has 0 aromatic rings. The molecule has 0 aromatic heterocycles. The number of nitrogens with one attached hydrogen (secondary N) is 1. The van der Waals surface area contributed by atoms with E-state index >= 15 is 0 Å². The van der Waals surface area contributed by atoms with Gasteiger partial charge in [0, 0.05) is 20.2 Å². The van der Waals surface area contributed by atoms with Crippen molar-refractivity contribution >= 4 is 0 Å². The number of ether oxygens (including phenoxy) is 3. The smallest absolute Gasteiger partial charge is 0.0700 e. The average Bonchev–Trinajstić information content (AvgIpc) is 2.15. The van der Waals surface area contributed by atoms with Crippen LogP contribution in [-0.4, -0.2) is 52.7 Å². The zero-order chi connectivity index (χ0) is 10.6. The summed E-state index contributed by atoms with van der Waals surface area (Å²) >= 11 is 0. The molecule has 0 spiro atoms. The van der Waals surface area contributed by atoms with Crippen molar-refractivity contribution in [2.24, 2.45) is 0 Å². The second kappa shape index (κ2) is 10.9. The van der Waals surface area contributed by atoms with E-state index in [2.05, 4.69) is 5.32 Å². The van der Waals surface area contributed by atoms with E-state index in [0.29, 0.717) is 19.3 Å². The van der Waals surface area contributed by atoms with Crippen molar-refractivity contribution < 1.29 is 14.2 Å². The SMILES string of the molecule is COCCOCCNCCOC(C)C. The topological polar surface area (TPSA) is 39.7 Å². The highest BCUT2D eigenvalue weighted by Gasteiger charge is 1.92. The fourth-order valence-electron chi connectivity index (χ4n) is 0.880. The Bertz CT molecular complexity index is 110. The molecular weight excluding hydrogens is 182 g/mol. The van der Waals surface area contributed by atoms with Gasteiger partial charge in [0.2, 0.25) is 0 Å². The van der Waals surface area contributed by atoms with Crippen LogP contribution in [0.15, 0.2) is 0 Å². The third-order valence-corrected chi connectivity index (χ3v) is 1.58. The molecule has 0 aliphatic rings. The number of hydrogen-bond acceptors (Lipinski definition) is 4. The summed E-state index contributed by atoms with van der Waals surface area (Å²) < 4.78 is 15.5. The highest BCUT2D eigenvalue weighted by Crippen LogP contribution is 1.84. The largest absolute Gasteiger partial charge is 0.382 e. The lowest BCUT2D eigenvalue weighted by atomic mass is 10.5. The van der Waals surface area contributed by atoms with Gasteiger partial charge in [-0.25, -0.2) is 0 Å². The lowest BCUT2D eigenvalue weighted by Gasteiger charge is -2.08. The van der Waals surface area contributed by atoms with E-state index in [0.717, 1.165) is 26.3 Å². The van der Waals surface area contributed by atoms with Gasteiger partial charge in [0.25, 0.3) is 0 Å². The van der Waals surface area contributed by atoms with Crippen LogP contribution in [0.2, 0.25) is 0 Å². The van der Waals surface area contributed by atoms with Gasteiger partial charge in [-0.2, -0.15) is 0 Å². The van der Waals surface area contributed by atoms with Crippen molar-refractivity contribution in [2.75, 3.05) is 46.6 Å². The molecule has 0 aliphatic carbocycles. The summed E-state index contributed by atoms with van der Waals surface area (Å²) in [5.74, 6) is 0. The lowest BCUT2D eigenvalue weighted by molar-refractivity contribution is 0.0656. The molecule has 14 heavy (non-hydrogen) atoms. The van der Waals surface area contributed by atoms with E-state index < -0.39 is 0 Å². The van der Waals surface area contributed by atoms with Crippen molar-refractivity contribution in [3.8, 4) is 0 Å². The van der Waals surface area contributed by atoms with Crippen LogP contribution in [0.25, 0.3) is 0 Å². The molecule has 0 radical (unpaired) electrons. The van der Waals surface area contributed by atoms with Crippen LogP contribution >= 0.6 is 0 Å². The first-order valence-electron chi connectivity index (χ1n) is 5.16. The summed E-state index contributed by atoms with van der Waals surface area (Å²) in [4.78, 5) is 0. The van der Waals surface area contributed by atoms with Crippen LogP contribution in [0.1, 0.15) is 13.8 Å². The molecule has 0 amide bonds. The first-order valence-corrected chi connectivity index (χ1v) is 5.16. The minimum absolute atomic E-state index is 0.315. The van der Waals surface area contributed by atoms with Crippen molar-refractivity contribution in [1.82, 2.24) is 5.32 Å². The van der Waals surface area contributed by atoms with Gasteiger partial charge in [-0.1, -0.05) is 0 Å². The molecule has 4 heteroatoms. The Labute approximate surface area is 86.9 Å².